The highest BCUT2D eigenvalue weighted by atomic mass is 19.4. The van der Waals surface area contributed by atoms with Crippen molar-refractivity contribution >= 4 is 11.4 Å². The molecule has 34 heavy (non-hydrogen) atoms. The van der Waals surface area contributed by atoms with E-state index < -0.39 is 12.7 Å². The molecule has 0 radical (unpaired) electrons. The number of anilines is 2. The van der Waals surface area contributed by atoms with Crippen LogP contribution in [0.4, 0.5) is 37.7 Å². The SMILES string of the molecule is FC(F)(F)Oc1ccc(N2CCN(c3ccc(OC(F)(F)F)cc3-c3ccccc3)CC2)cc1. The van der Waals surface area contributed by atoms with E-state index in [4.69, 9.17) is 0 Å². The van der Waals surface area contributed by atoms with Gasteiger partial charge in [0.25, 0.3) is 0 Å². The Morgan fingerprint density at radius 1 is 0.588 bits per heavy atom. The zero-order valence-corrected chi connectivity index (χ0v) is 17.7. The molecule has 1 heterocycles. The van der Waals surface area contributed by atoms with Gasteiger partial charge in [-0.2, -0.15) is 0 Å². The van der Waals surface area contributed by atoms with E-state index in [1.807, 2.05) is 23.1 Å². The van der Waals surface area contributed by atoms with Crippen molar-refractivity contribution in [1.82, 2.24) is 0 Å². The van der Waals surface area contributed by atoms with E-state index in [0.717, 1.165) is 16.9 Å². The molecule has 10 heteroatoms. The molecule has 180 valence electrons. The van der Waals surface area contributed by atoms with Gasteiger partial charge in [0.15, 0.2) is 0 Å². The van der Waals surface area contributed by atoms with Crippen LogP contribution in [0.2, 0.25) is 0 Å². The zero-order chi connectivity index (χ0) is 24.3. The number of rotatable bonds is 5. The molecule has 3 aromatic rings. The lowest BCUT2D eigenvalue weighted by atomic mass is 10.0. The smallest absolute Gasteiger partial charge is 0.406 e. The summed E-state index contributed by atoms with van der Waals surface area (Å²) < 4.78 is 83.3. The maximum atomic E-state index is 12.7. The van der Waals surface area contributed by atoms with Gasteiger partial charge in [0.1, 0.15) is 11.5 Å². The summed E-state index contributed by atoms with van der Waals surface area (Å²) in [5.41, 5.74) is 2.90. The zero-order valence-electron chi connectivity index (χ0n) is 17.7. The van der Waals surface area contributed by atoms with Gasteiger partial charge < -0.3 is 19.3 Å². The third-order valence-electron chi connectivity index (χ3n) is 5.34. The fourth-order valence-electron chi connectivity index (χ4n) is 3.90. The molecule has 0 spiro atoms. The first-order valence-electron chi connectivity index (χ1n) is 10.4. The highest BCUT2D eigenvalue weighted by Gasteiger charge is 2.32. The number of hydrogen-bond acceptors (Lipinski definition) is 4. The Morgan fingerprint density at radius 3 is 1.71 bits per heavy atom. The number of ether oxygens (including phenoxy) is 2. The van der Waals surface area contributed by atoms with Gasteiger partial charge in [0.2, 0.25) is 0 Å². The molecule has 1 saturated heterocycles. The van der Waals surface area contributed by atoms with Gasteiger partial charge in [-0.1, -0.05) is 30.3 Å². The van der Waals surface area contributed by atoms with Crippen molar-refractivity contribution in [3.63, 3.8) is 0 Å². The van der Waals surface area contributed by atoms with Crippen LogP contribution in [0.15, 0.2) is 72.8 Å². The van der Waals surface area contributed by atoms with Crippen molar-refractivity contribution in [3.05, 3.63) is 72.8 Å². The van der Waals surface area contributed by atoms with Crippen LogP contribution in [0, 0.1) is 0 Å². The standard InChI is InChI=1S/C24H20F6N2O2/c25-23(26,27)33-19-8-6-18(7-9-19)31-12-14-32(15-13-31)22-11-10-20(34-24(28,29)30)16-21(22)17-4-2-1-3-5-17/h1-11,16H,12-15H2. The molecule has 0 bridgehead atoms. The molecule has 0 atom stereocenters. The van der Waals surface area contributed by atoms with Gasteiger partial charge in [-0.05, 0) is 48.0 Å². The first kappa shape index (κ1) is 23.6. The first-order chi connectivity index (χ1) is 16.1. The van der Waals surface area contributed by atoms with E-state index in [1.165, 1.54) is 24.3 Å². The monoisotopic (exact) mass is 482 g/mol. The van der Waals surface area contributed by atoms with Crippen LogP contribution in [0.25, 0.3) is 11.1 Å². The fourth-order valence-corrected chi connectivity index (χ4v) is 3.90. The quantitative estimate of drug-likeness (QED) is 0.389. The molecule has 4 nitrogen and oxygen atoms in total. The van der Waals surface area contributed by atoms with Gasteiger partial charge in [0, 0.05) is 43.1 Å². The van der Waals surface area contributed by atoms with Crippen LogP contribution in [-0.2, 0) is 0 Å². The lowest BCUT2D eigenvalue weighted by Gasteiger charge is -2.38. The molecule has 0 unspecified atom stereocenters. The Labute approximate surface area is 191 Å². The Hall–Kier alpha value is -3.56. The lowest BCUT2D eigenvalue weighted by molar-refractivity contribution is -0.275. The summed E-state index contributed by atoms with van der Waals surface area (Å²) in [6.45, 7) is 2.29. The topological polar surface area (TPSA) is 24.9 Å². The average molecular weight is 482 g/mol. The van der Waals surface area contributed by atoms with Gasteiger partial charge in [0.05, 0.1) is 0 Å². The Bertz CT molecular complexity index is 1090. The van der Waals surface area contributed by atoms with Gasteiger partial charge in [-0.15, -0.1) is 26.3 Å². The van der Waals surface area contributed by atoms with Crippen LogP contribution in [-0.4, -0.2) is 38.9 Å². The van der Waals surface area contributed by atoms with E-state index in [-0.39, 0.29) is 11.5 Å². The van der Waals surface area contributed by atoms with Crippen LogP contribution < -0.4 is 19.3 Å². The summed E-state index contributed by atoms with van der Waals surface area (Å²) in [7, 11) is 0. The second-order valence-corrected chi connectivity index (χ2v) is 7.61. The van der Waals surface area contributed by atoms with E-state index in [1.54, 1.807) is 30.3 Å². The van der Waals surface area contributed by atoms with Crippen molar-refractivity contribution < 1.29 is 35.8 Å². The summed E-state index contributed by atoms with van der Waals surface area (Å²) in [6, 6.07) is 19.0. The number of hydrogen-bond donors (Lipinski definition) is 0. The molecule has 3 aromatic carbocycles. The first-order valence-corrected chi connectivity index (χ1v) is 10.4. The molecule has 0 amide bonds. The summed E-state index contributed by atoms with van der Waals surface area (Å²) in [5.74, 6) is -0.585. The molecule has 1 fully saturated rings. The van der Waals surface area contributed by atoms with E-state index in [0.29, 0.717) is 31.7 Å². The minimum absolute atomic E-state index is 0.288. The van der Waals surface area contributed by atoms with Crippen molar-refractivity contribution in [2.24, 2.45) is 0 Å². The minimum atomic E-state index is -4.79. The second kappa shape index (κ2) is 9.36. The predicted molar refractivity (Wildman–Crippen MR) is 116 cm³/mol. The van der Waals surface area contributed by atoms with Crippen LogP contribution in [0.5, 0.6) is 11.5 Å². The summed E-state index contributed by atoms with van der Waals surface area (Å²) in [4.78, 5) is 4.09. The van der Waals surface area contributed by atoms with Gasteiger partial charge in [-0.25, -0.2) is 0 Å². The Morgan fingerprint density at radius 2 is 1.12 bits per heavy atom. The van der Waals surface area contributed by atoms with Crippen LogP contribution in [0.3, 0.4) is 0 Å². The molecule has 0 N–H and O–H groups in total. The summed E-state index contributed by atoms with van der Waals surface area (Å²) in [6.07, 6.45) is -9.54. The van der Waals surface area contributed by atoms with Gasteiger partial charge >= 0.3 is 12.7 Å². The highest BCUT2D eigenvalue weighted by molar-refractivity contribution is 5.80. The number of benzene rings is 3. The van der Waals surface area contributed by atoms with E-state index >= 15 is 0 Å². The molecular weight excluding hydrogens is 462 g/mol. The Kier molecular flexibility index (Phi) is 6.49. The van der Waals surface area contributed by atoms with Crippen molar-refractivity contribution in [2.75, 3.05) is 36.0 Å². The third kappa shape index (κ3) is 6.06. The molecular formula is C24H20F6N2O2. The average Bonchev–Trinajstić information content (AvgIpc) is 2.78. The maximum absolute atomic E-state index is 12.7. The second-order valence-electron chi connectivity index (χ2n) is 7.61. The van der Waals surface area contributed by atoms with E-state index in [2.05, 4.69) is 14.4 Å². The molecule has 0 aliphatic carbocycles. The number of alkyl halides is 6. The fraction of sp³-hybridized carbons (Fsp3) is 0.250. The van der Waals surface area contributed by atoms with Crippen LogP contribution in [0.1, 0.15) is 0 Å². The minimum Gasteiger partial charge on any atom is -0.406 e. The van der Waals surface area contributed by atoms with E-state index in [9.17, 15) is 26.3 Å². The molecule has 0 saturated carbocycles. The molecule has 1 aliphatic rings. The highest BCUT2D eigenvalue weighted by Crippen LogP contribution is 2.37. The maximum Gasteiger partial charge on any atom is 0.573 e. The third-order valence-corrected chi connectivity index (χ3v) is 5.34. The van der Waals surface area contributed by atoms with Crippen molar-refractivity contribution in [1.29, 1.82) is 0 Å². The largest absolute Gasteiger partial charge is 0.573 e. The van der Waals surface area contributed by atoms with Crippen molar-refractivity contribution in [3.8, 4) is 22.6 Å². The van der Waals surface area contributed by atoms with Crippen LogP contribution >= 0.6 is 0 Å². The van der Waals surface area contributed by atoms with Gasteiger partial charge in [-0.3, -0.25) is 0 Å². The normalized spacial score (nSPS) is 14.8. The number of nitrogens with zero attached hydrogens (tertiary/aromatic N) is 2. The molecule has 1 aliphatic heterocycles. The summed E-state index contributed by atoms with van der Waals surface area (Å²) >= 11 is 0. The Balaban J connectivity index is 1.50. The number of halogens is 6. The number of piperazine rings is 1. The summed E-state index contributed by atoms with van der Waals surface area (Å²) in [5, 5.41) is 0. The predicted octanol–water partition coefficient (Wildman–Crippen LogP) is 6.48. The molecule has 4 rings (SSSR count). The molecule has 0 aromatic heterocycles. The lowest BCUT2D eigenvalue weighted by Crippen LogP contribution is -2.46. The van der Waals surface area contributed by atoms with Crippen molar-refractivity contribution in [2.45, 2.75) is 12.7 Å².